The second kappa shape index (κ2) is 10.9. The first-order valence-electron chi connectivity index (χ1n) is 9.05. The van der Waals surface area contributed by atoms with E-state index >= 15 is 0 Å². The van der Waals surface area contributed by atoms with E-state index in [-0.39, 0.29) is 0 Å². The van der Waals surface area contributed by atoms with Crippen molar-refractivity contribution in [2.75, 3.05) is 42.6 Å². The third-order valence-corrected chi connectivity index (χ3v) is 4.40. The fourth-order valence-corrected chi connectivity index (χ4v) is 2.88. The molecule has 2 aromatic carbocycles. The van der Waals surface area contributed by atoms with Crippen LogP contribution in [-0.2, 0) is 13.1 Å². The van der Waals surface area contributed by atoms with Crippen LogP contribution in [0.2, 0.25) is 0 Å². The summed E-state index contributed by atoms with van der Waals surface area (Å²) in [5.41, 5.74) is 1.90. The van der Waals surface area contributed by atoms with Crippen molar-refractivity contribution in [1.82, 2.24) is 10.6 Å². The normalized spacial score (nSPS) is 10.9. The SMILES string of the molecule is CN=C(NCc1ccc(OC)cc1OC)NCc1ccc(OC)c(OC)c1OC. The van der Waals surface area contributed by atoms with Crippen LogP contribution in [0.1, 0.15) is 11.1 Å². The molecular weight excluding hydrogens is 374 g/mol. The highest BCUT2D eigenvalue weighted by molar-refractivity contribution is 5.79. The number of aliphatic imine (C=N–C) groups is 1. The molecule has 8 nitrogen and oxygen atoms in total. The van der Waals surface area contributed by atoms with Crippen LogP contribution in [0.25, 0.3) is 0 Å². The first-order valence-corrected chi connectivity index (χ1v) is 9.05. The predicted octanol–water partition coefficient (Wildman–Crippen LogP) is 2.59. The molecule has 8 heteroatoms. The molecule has 0 saturated heterocycles. The second-order valence-electron chi connectivity index (χ2n) is 5.95. The lowest BCUT2D eigenvalue weighted by molar-refractivity contribution is 0.322. The van der Waals surface area contributed by atoms with E-state index in [1.54, 1.807) is 42.6 Å². The predicted molar refractivity (Wildman–Crippen MR) is 113 cm³/mol. The summed E-state index contributed by atoms with van der Waals surface area (Å²) < 4.78 is 27.0. The van der Waals surface area contributed by atoms with Gasteiger partial charge in [-0.05, 0) is 24.3 Å². The van der Waals surface area contributed by atoms with Gasteiger partial charge in [0, 0.05) is 37.3 Å². The quantitative estimate of drug-likeness (QED) is 0.492. The molecule has 0 bridgehead atoms. The van der Waals surface area contributed by atoms with E-state index in [0.717, 1.165) is 22.6 Å². The highest BCUT2D eigenvalue weighted by atomic mass is 16.5. The molecule has 0 heterocycles. The van der Waals surface area contributed by atoms with E-state index in [1.165, 1.54) is 0 Å². The van der Waals surface area contributed by atoms with Crippen molar-refractivity contribution in [2.45, 2.75) is 13.1 Å². The van der Waals surface area contributed by atoms with Crippen LogP contribution in [0, 0.1) is 0 Å². The van der Waals surface area contributed by atoms with E-state index < -0.39 is 0 Å². The standard InChI is InChI=1S/C21H29N3O5/c1-22-21(23-12-14-7-9-16(25-2)11-18(14)27-4)24-13-15-8-10-17(26-3)20(29-6)19(15)28-5/h7-11H,12-13H2,1-6H3,(H2,22,23,24). The van der Waals surface area contributed by atoms with Crippen molar-refractivity contribution in [3.63, 3.8) is 0 Å². The number of ether oxygens (including phenoxy) is 5. The number of hydrogen-bond donors (Lipinski definition) is 2. The van der Waals surface area contributed by atoms with Gasteiger partial charge in [0.25, 0.3) is 0 Å². The molecule has 0 aliphatic heterocycles. The summed E-state index contributed by atoms with van der Waals surface area (Å²) in [4.78, 5) is 4.27. The number of benzene rings is 2. The number of nitrogens with one attached hydrogen (secondary N) is 2. The van der Waals surface area contributed by atoms with E-state index in [2.05, 4.69) is 15.6 Å². The van der Waals surface area contributed by atoms with Crippen LogP contribution in [0.4, 0.5) is 0 Å². The zero-order valence-electron chi connectivity index (χ0n) is 17.8. The molecule has 0 aliphatic carbocycles. The molecule has 0 amide bonds. The molecule has 0 saturated carbocycles. The van der Waals surface area contributed by atoms with Gasteiger partial charge in [-0.3, -0.25) is 4.99 Å². The summed E-state index contributed by atoms with van der Waals surface area (Å²) in [5.74, 6) is 3.91. The Labute approximate surface area is 171 Å². The third-order valence-electron chi connectivity index (χ3n) is 4.40. The van der Waals surface area contributed by atoms with Crippen molar-refractivity contribution in [3.8, 4) is 28.7 Å². The number of guanidine groups is 1. The van der Waals surface area contributed by atoms with Gasteiger partial charge >= 0.3 is 0 Å². The summed E-state index contributed by atoms with van der Waals surface area (Å²) in [5, 5.41) is 6.55. The minimum absolute atomic E-state index is 0.489. The van der Waals surface area contributed by atoms with Crippen LogP contribution in [0.3, 0.4) is 0 Å². The van der Waals surface area contributed by atoms with Gasteiger partial charge in [-0.15, -0.1) is 0 Å². The molecule has 0 radical (unpaired) electrons. The summed E-state index contributed by atoms with van der Waals surface area (Å²) in [6, 6.07) is 9.46. The zero-order chi connectivity index (χ0) is 21.2. The van der Waals surface area contributed by atoms with Gasteiger partial charge in [0.05, 0.1) is 35.5 Å². The van der Waals surface area contributed by atoms with E-state index in [0.29, 0.717) is 36.3 Å². The Morgan fingerprint density at radius 3 is 1.90 bits per heavy atom. The minimum Gasteiger partial charge on any atom is -0.497 e. The first-order chi connectivity index (χ1) is 14.1. The van der Waals surface area contributed by atoms with Gasteiger partial charge in [-0.25, -0.2) is 0 Å². The molecule has 0 fully saturated rings. The molecule has 0 aromatic heterocycles. The molecule has 2 N–H and O–H groups in total. The second-order valence-corrected chi connectivity index (χ2v) is 5.95. The van der Waals surface area contributed by atoms with Crippen molar-refractivity contribution >= 4 is 5.96 Å². The Balaban J connectivity index is 2.07. The number of nitrogens with zero attached hydrogens (tertiary/aromatic N) is 1. The van der Waals surface area contributed by atoms with Gasteiger partial charge in [-0.2, -0.15) is 0 Å². The smallest absolute Gasteiger partial charge is 0.203 e. The number of hydrogen-bond acceptors (Lipinski definition) is 6. The number of methoxy groups -OCH3 is 5. The Bertz CT molecular complexity index is 839. The van der Waals surface area contributed by atoms with Gasteiger partial charge in [0.15, 0.2) is 17.5 Å². The van der Waals surface area contributed by atoms with Crippen molar-refractivity contribution in [3.05, 3.63) is 41.5 Å². The van der Waals surface area contributed by atoms with Crippen molar-refractivity contribution < 1.29 is 23.7 Å². The maximum absolute atomic E-state index is 5.52. The lowest BCUT2D eigenvalue weighted by Gasteiger charge is -2.18. The Morgan fingerprint density at radius 1 is 0.724 bits per heavy atom. The van der Waals surface area contributed by atoms with Crippen molar-refractivity contribution in [2.24, 2.45) is 4.99 Å². The van der Waals surface area contributed by atoms with E-state index in [1.807, 2.05) is 30.3 Å². The fourth-order valence-electron chi connectivity index (χ4n) is 2.88. The molecule has 0 unspecified atom stereocenters. The van der Waals surface area contributed by atoms with Crippen LogP contribution < -0.4 is 34.3 Å². The molecule has 2 aromatic rings. The average molecular weight is 403 g/mol. The van der Waals surface area contributed by atoms with Crippen LogP contribution in [0.5, 0.6) is 28.7 Å². The van der Waals surface area contributed by atoms with E-state index in [9.17, 15) is 0 Å². The van der Waals surface area contributed by atoms with Gasteiger partial charge < -0.3 is 34.3 Å². The molecule has 0 atom stereocenters. The van der Waals surface area contributed by atoms with Crippen molar-refractivity contribution in [1.29, 1.82) is 0 Å². The third kappa shape index (κ3) is 5.37. The highest BCUT2D eigenvalue weighted by Gasteiger charge is 2.16. The molecule has 158 valence electrons. The topological polar surface area (TPSA) is 82.6 Å². The summed E-state index contributed by atoms with van der Waals surface area (Å²) in [6.45, 7) is 1.03. The summed E-state index contributed by atoms with van der Waals surface area (Å²) in [7, 11) is 9.75. The maximum Gasteiger partial charge on any atom is 0.203 e. The summed E-state index contributed by atoms with van der Waals surface area (Å²) >= 11 is 0. The monoisotopic (exact) mass is 403 g/mol. The van der Waals surface area contributed by atoms with Gasteiger partial charge in [0.2, 0.25) is 5.75 Å². The Kier molecular flexibility index (Phi) is 8.27. The molecular formula is C21H29N3O5. The Morgan fingerprint density at radius 2 is 1.34 bits per heavy atom. The van der Waals surface area contributed by atoms with Crippen LogP contribution >= 0.6 is 0 Å². The molecule has 0 aliphatic rings. The zero-order valence-corrected chi connectivity index (χ0v) is 17.8. The average Bonchev–Trinajstić information content (AvgIpc) is 2.78. The van der Waals surface area contributed by atoms with Crippen LogP contribution in [-0.4, -0.2) is 48.6 Å². The number of rotatable bonds is 9. The first kappa shape index (κ1) is 22.0. The molecule has 0 spiro atoms. The van der Waals surface area contributed by atoms with E-state index in [4.69, 9.17) is 23.7 Å². The van der Waals surface area contributed by atoms with Crippen LogP contribution in [0.15, 0.2) is 35.3 Å². The van der Waals surface area contributed by atoms with Gasteiger partial charge in [-0.1, -0.05) is 0 Å². The minimum atomic E-state index is 0.489. The molecule has 29 heavy (non-hydrogen) atoms. The summed E-state index contributed by atoms with van der Waals surface area (Å²) in [6.07, 6.45) is 0. The molecule has 2 rings (SSSR count). The Hall–Kier alpha value is -3.29. The fraction of sp³-hybridized carbons (Fsp3) is 0.381. The maximum atomic E-state index is 5.52. The lowest BCUT2D eigenvalue weighted by atomic mass is 10.1. The highest BCUT2D eigenvalue weighted by Crippen LogP contribution is 2.39. The largest absolute Gasteiger partial charge is 0.497 e. The van der Waals surface area contributed by atoms with Gasteiger partial charge in [0.1, 0.15) is 11.5 Å². The lowest BCUT2D eigenvalue weighted by Crippen LogP contribution is -2.36.